The minimum absolute atomic E-state index is 0.213. The summed E-state index contributed by atoms with van der Waals surface area (Å²) < 4.78 is 1.87. The molecule has 1 N–H and O–H groups in total. The molecule has 7 heteroatoms. The van der Waals surface area contributed by atoms with Gasteiger partial charge in [-0.25, -0.2) is 0 Å². The van der Waals surface area contributed by atoms with Gasteiger partial charge in [-0.3, -0.25) is 9.48 Å². The lowest BCUT2D eigenvalue weighted by atomic mass is 10.2. The molecule has 0 spiro atoms. The molecule has 0 atom stereocenters. The molecule has 0 aromatic carbocycles. The summed E-state index contributed by atoms with van der Waals surface area (Å²) in [6.45, 7) is 7.85. The number of anilines is 1. The van der Waals surface area contributed by atoms with Crippen LogP contribution in [0.15, 0.2) is 12.1 Å². The second kappa shape index (κ2) is 5.58. The Hall–Kier alpha value is -1.95. The van der Waals surface area contributed by atoms with E-state index in [4.69, 9.17) is 11.6 Å². The first-order valence-corrected chi connectivity index (χ1v) is 6.64. The molecule has 0 saturated heterocycles. The lowest BCUT2D eigenvalue weighted by molar-refractivity contribution is 0.102. The molecule has 0 aliphatic rings. The second-order valence-electron chi connectivity index (χ2n) is 4.78. The Morgan fingerprint density at radius 1 is 1.30 bits per heavy atom. The first kappa shape index (κ1) is 14.5. The lowest BCUT2D eigenvalue weighted by Gasteiger charge is -2.09. The molecular weight excluding hydrogens is 278 g/mol. The fourth-order valence-corrected chi connectivity index (χ4v) is 2.06. The molecule has 0 saturated carbocycles. The van der Waals surface area contributed by atoms with Crippen molar-refractivity contribution >= 4 is 23.2 Å². The van der Waals surface area contributed by atoms with Gasteiger partial charge in [-0.2, -0.15) is 5.10 Å². The van der Waals surface area contributed by atoms with E-state index in [1.54, 1.807) is 0 Å². The smallest absolute Gasteiger partial charge is 0.276 e. The van der Waals surface area contributed by atoms with E-state index in [0.717, 1.165) is 11.4 Å². The molecule has 0 radical (unpaired) electrons. The lowest BCUT2D eigenvalue weighted by Crippen LogP contribution is -2.15. The number of nitrogens with one attached hydrogen (secondary N) is 1. The minimum Gasteiger partial charge on any atom is -0.317 e. The number of halogens is 1. The number of rotatable bonds is 3. The summed E-state index contributed by atoms with van der Waals surface area (Å²) in [6.07, 6.45) is 0. The van der Waals surface area contributed by atoms with Crippen molar-refractivity contribution < 1.29 is 4.79 Å². The first-order chi connectivity index (χ1) is 9.40. The first-order valence-electron chi connectivity index (χ1n) is 6.26. The molecule has 2 aromatic heterocycles. The van der Waals surface area contributed by atoms with Crippen molar-refractivity contribution in [2.24, 2.45) is 0 Å². The van der Waals surface area contributed by atoms with E-state index in [-0.39, 0.29) is 22.8 Å². The summed E-state index contributed by atoms with van der Waals surface area (Å²) in [6, 6.07) is 3.29. The molecule has 0 aliphatic heterocycles. The molecule has 6 nitrogen and oxygen atoms in total. The van der Waals surface area contributed by atoms with Crippen LogP contribution in [-0.4, -0.2) is 25.9 Å². The average molecular weight is 294 g/mol. The Balaban J connectivity index is 2.26. The molecule has 0 fully saturated rings. The topological polar surface area (TPSA) is 72.7 Å². The molecule has 106 valence electrons. The zero-order valence-electron chi connectivity index (χ0n) is 11.8. The third kappa shape index (κ3) is 2.80. The van der Waals surface area contributed by atoms with Gasteiger partial charge in [0.25, 0.3) is 5.91 Å². The zero-order valence-corrected chi connectivity index (χ0v) is 12.6. The number of hydrogen-bond acceptors (Lipinski definition) is 4. The Morgan fingerprint density at radius 2 is 2.00 bits per heavy atom. The third-order valence-corrected chi connectivity index (χ3v) is 3.12. The normalized spacial score (nSPS) is 10.9. The van der Waals surface area contributed by atoms with Gasteiger partial charge in [-0.15, -0.1) is 10.2 Å². The van der Waals surface area contributed by atoms with Crippen LogP contribution in [0.5, 0.6) is 0 Å². The van der Waals surface area contributed by atoms with Gasteiger partial charge in [0, 0.05) is 6.04 Å². The third-order valence-electron chi connectivity index (χ3n) is 2.92. The summed E-state index contributed by atoms with van der Waals surface area (Å²) in [5.74, 6) is -0.330. The van der Waals surface area contributed by atoms with Gasteiger partial charge in [0.15, 0.2) is 10.8 Å². The van der Waals surface area contributed by atoms with E-state index in [2.05, 4.69) is 20.6 Å². The maximum absolute atomic E-state index is 12.1. The number of amides is 1. The van der Waals surface area contributed by atoms with Gasteiger partial charge in [0.05, 0.1) is 17.1 Å². The number of aryl methyl sites for hydroxylation is 1. The van der Waals surface area contributed by atoms with E-state index >= 15 is 0 Å². The van der Waals surface area contributed by atoms with Gasteiger partial charge in [-0.05, 0) is 39.8 Å². The highest BCUT2D eigenvalue weighted by Gasteiger charge is 2.17. The van der Waals surface area contributed by atoms with Crippen LogP contribution in [0.3, 0.4) is 0 Å². The molecular formula is C13H16ClN5O. The Labute approximate surface area is 122 Å². The van der Waals surface area contributed by atoms with Crippen LogP contribution in [0.25, 0.3) is 0 Å². The minimum atomic E-state index is -0.330. The van der Waals surface area contributed by atoms with Crippen molar-refractivity contribution in [3.05, 3.63) is 34.4 Å². The number of carbonyl (C=O) groups is 1. The van der Waals surface area contributed by atoms with E-state index < -0.39 is 0 Å². The van der Waals surface area contributed by atoms with E-state index in [1.807, 2.05) is 32.4 Å². The van der Waals surface area contributed by atoms with Gasteiger partial charge >= 0.3 is 0 Å². The number of carbonyl (C=O) groups excluding carboxylic acids is 1. The quantitative estimate of drug-likeness (QED) is 0.944. The highest BCUT2D eigenvalue weighted by atomic mass is 35.5. The van der Waals surface area contributed by atoms with Crippen LogP contribution in [0.1, 0.15) is 41.8 Å². The van der Waals surface area contributed by atoms with Crippen molar-refractivity contribution in [2.75, 3.05) is 5.32 Å². The fourth-order valence-electron chi connectivity index (χ4n) is 1.96. The largest absolute Gasteiger partial charge is 0.317 e. The summed E-state index contributed by atoms with van der Waals surface area (Å²) in [7, 11) is 0. The molecule has 0 aliphatic carbocycles. The Kier molecular flexibility index (Phi) is 4.04. The summed E-state index contributed by atoms with van der Waals surface area (Å²) in [5, 5.41) is 14.9. The van der Waals surface area contributed by atoms with Crippen LogP contribution in [0, 0.1) is 13.8 Å². The molecule has 2 heterocycles. The SMILES string of the molecule is Cc1nn(C(C)C)c(C)c1NC(=O)c1ccc(Cl)nn1. The molecule has 2 rings (SSSR count). The standard InChI is InChI=1S/C13H16ClN5O/c1-7(2)19-9(4)12(8(3)18-19)15-13(20)10-5-6-11(14)17-16-10/h5-7H,1-4H3,(H,15,20). The molecule has 1 amide bonds. The fraction of sp³-hybridized carbons (Fsp3) is 0.385. The van der Waals surface area contributed by atoms with Crippen LogP contribution < -0.4 is 5.32 Å². The highest BCUT2D eigenvalue weighted by molar-refractivity contribution is 6.29. The van der Waals surface area contributed by atoms with Crippen LogP contribution in [0.4, 0.5) is 5.69 Å². The predicted molar refractivity (Wildman–Crippen MR) is 77.1 cm³/mol. The van der Waals surface area contributed by atoms with E-state index in [0.29, 0.717) is 5.69 Å². The second-order valence-corrected chi connectivity index (χ2v) is 5.17. The number of hydrogen-bond donors (Lipinski definition) is 1. The molecule has 20 heavy (non-hydrogen) atoms. The van der Waals surface area contributed by atoms with Crippen LogP contribution in [0.2, 0.25) is 5.15 Å². The molecule has 0 unspecified atom stereocenters. The van der Waals surface area contributed by atoms with Crippen molar-refractivity contribution in [1.82, 2.24) is 20.0 Å². The van der Waals surface area contributed by atoms with Gasteiger partial charge in [-0.1, -0.05) is 11.6 Å². The van der Waals surface area contributed by atoms with Crippen molar-refractivity contribution in [2.45, 2.75) is 33.7 Å². The summed E-state index contributed by atoms with van der Waals surface area (Å²) in [4.78, 5) is 12.1. The zero-order chi connectivity index (χ0) is 14.9. The average Bonchev–Trinajstić information content (AvgIpc) is 2.67. The maximum Gasteiger partial charge on any atom is 0.276 e. The Morgan fingerprint density at radius 3 is 2.50 bits per heavy atom. The van der Waals surface area contributed by atoms with Gasteiger partial charge < -0.3 is 5.32 Å². The number of aromatic nitrogens is 4. The molecule has 2 aromatic rings. The maximum atomic E-state index is 12.1. The van der Waals surface area contributed by atoms with Gasteiger partial charge in [0.2, 0.25) is 0 Å². The van der Waals surface area contributed by atoms with E-state index in [1.165, 1.54) is 12.1 Å². The Bertz CT molecular complexity index is 633. The highest BCUT2D eigenvalue weighted by Crippen LogP contribution is 2.22. The molecule has 0 bridgehead atoms. The predicted octanol–water partition coefficient (Wildman–Crippen LogP) is 2.78. The van der Waals surface area contributed by atoms with Crippen molar-refractivity contribution in [3.8, 4) is 0 Å². The van der Waals surface area contributed by atoms with Crippen LogP contribution in [-0.2, 0) is 0 Å². The van der Waals surface area contributed by atoms with E-state index in [9.17, 15) is 4.79 Å². The monoisotopic (exact) mass is 293 g/mol. The number of nitrogens with zero attached hydrogens (tertiary/aromatic N) is 4. The van der Waals surface area contributed by atoms with Crippen molar-refractivity contribution in [3.63, 3.8) is 0 Å². The van der Waals surface area contributed by atoms with Crippen LogP contribution >= 0.6 is 11.6 Å². The summed E-state index contributed by atoms with van der Waals surface area (Å²) >= 11 is 5.65. The summed E-state index contributed by atoms with van der Waals surface area (Å²) in [5.41, 5.74) is 2.60. The van der Waals surface area contributed by atoms with Crippen molar-refractivity contribution in [1.29, 1.82) is 0 Å². The van der Waals surface area contributed by atoms with Gasteiger partial charge in [0.1, 0.15) is 0 Å².